The minimum absolute atomic E-state index is 1.01. The van der Waals surface area contributed by atoms with Crippen LogP contribution in [0.2, 0.25) is 0 Å². The molecule has 26 heavy (non-hydrogen) atoms. The highest BCUT2D eigenvalue weighted by Gasteiger charge is 2.18. The minimum Gasteiger partial charge on any atom is -0.369 e. The van der Waals surface area contributed by atoms with E-state index in [-0.39, 0.29) is 0 Å². The van der Waals surface area contributed by atoms with Gasteiger partial charge in [0.1, 0.15) is 0 Å². The van der Waals surface area contributed by atoms with Crippen molar-refractivity contribution >= 4 is 5.69 Å². The van der Waals surface area contributed by atoms with Crippen LogP contribution in [-0.2, 0) is 6.54 Å². The van der Waals surface area contributed by atoms with Crippen LogP contribution in [0.3, 0.4) is 0 Å². The summed E-state index contributed by atoms with van der Waals surface area (Å²) in [6, 6.07) is 17.3. The zero-order chi connectivity index (χ0) is 17.9. The van der Waals surface area contributed by atoms with E-state index in [0.717, 1.165) is 38.4 Å². The van der Waals surface area contributed by atoms with Gasteiger partial charge in [0.25, 0.3) is 0 Å². The van der Waals surface area contributed by atoms with Crippen molar-refractivity contribution in [1.82, 2.24) is 14.7 Å². The van der Waals surface area contributed by atoms with E-state index in [9.17, 15) is 0 Å². The number of aryl methyl sites for hydroxylation is 1. The zero-order valence-corrected chi connectivity index (χ0v) is 15.6. The molecule has 0 amide bonds. The molecule has 0 spiro atoms. The van der Waals surface area contributed by atoms with Crippen molar-refractivity contribution in [3.8, 4) is 5.69 Å². The second kappa shape index (κ2) is 7.34. The van der Waals surface area contributed by atoms with E-state index in [4.69, 9.17) is 0 Å². The van der Waals surface area contributed by atoms with Gasteiger partial charge in [0, 0.05) is 50.8 Å². The van der Waals surface area contributed by atoms with Crippen LogP contribution in [0.1, 0.15) is 16.7 Å². The van der Waals surface area contributed by atoms with E-state index < -0.39 is 0 Å². The molecule has 4 heteroatoms. The van der Waals surface area contributed by atoms with Crippen LogP contribution in [0.4, 0.5) is 5.69 Å². The zero-order valence-electron chi connectivity index (χ0n) is 15.6. The smallest absolute Gasteiger partial charge is 0.0645 e. The van der Waals surface area contributed by atoms with Gasteiger partial charge >= 0.3 is 0 Å². The first-order chi connectivity index (χ1) is 12.7. The Labute approximate surface area is 155 Å². The second-order valence-electron chi connectivity index (χ2n) is 7.10. The van der Waals surface area contributed by atoms with Gasteiger partial charge in [0.2, 0.25) is 0 Å². The van der Waals surface area contributed by atoms with Gasteiger partial charge in [-0.3, -0.25) is 4.90 Å². The lowest BCUT2D eigenvalue weighted by molar-refractivity contribution is 0.250. The fraction of sp³-hybridized carbons (Fsp3) is 0.318. The summed E-state index contributed by atoms with van der Waals surface area (Å²) in [6.45, 7) is 9.84. The predicted molar refractivity (Wildman–Crippen MR) is 107 cm³/mol. The highest BCUT2D eigenvalue weighted by molar-refractivity contribution is 5.56. The van der Waals surface area contributed by atoms with Gasteiger partial charge < -0.3 is 4.90 Å². The van der Waals surface area contributed by atoms with Crippen LogP contribution in [0.5, 0.6) is 0 Å². The molecule has 0 aliphatic carbocycles. The molecule has 134 valence electrons. The molecule has 2 heterocycles. The van der Waals surface area contributed by atoms with E-state index >= 15 is 0 Å². The fourth-order valence-electron chi connectivity index (χ4n) is 3.66. The van der Waals surface area contributed by atoms with Crippen LogP contribution in [0, 0.1) is 13.8 Å². The molecule has 0 bridgehead atoms. The Morgan fingerprint density at radius 3 is 2.35 bits per heavy atom. The lowest BCUT2D eigenvalue weighted by Gasteiger charge is -2.37. The quantitative estimate of drug-likeness (QED) is 0.718. The maximum Gasteiger partial charge on any atom is 0.0645 e. The number of anilines is 1. The van der Waals surface area contributed by atoms with E-state index in [1.54, 1.807) is 0 Å². The van der Waals surface area contributed by atoms with E-state index in [1.807, 2.05) is 23.1 Å². The predicted octanol–water partition coefficient (Wildman–Crippen LogP) is 3.81. The molecule has 2 aromatic carbocycles. The van der Waals surface area contributed by atoms with E-state index in [2.05, 4.69) is 71.2 Å². The average Bonchev–Trinajstić information content (AvgIpc) is 3.20. The lowest BCUT2D eigenvalue weighted by Crippen LogP contribution is -2.46. The van der Waals surface area contributed by atoms with Crippen LogP contribution >= 0.6 is 0 Å². The third-order valence-electron chi connectivity index (χ3n) is 5.40. The molecule has 0 N–H and O–H groups in total. The Bertz CT molecular complexity index is 844. The van der Waals surface area contributed by atoms with Crippen molar-refractivity contribution < 1.29 is 0 Å². The summed E-state index contributed by atoms with van der Waals surface area (Å²) in [7, 11) is 0. The summed E-state index contributed by atoms with van der Waals surface area (Å²) in [4.78, 5) is 5.07. The van der Waals surface area contributed by atoms with Gasteiger partial charge in [0.05, 0.1) is 5.69 Å². The van der Waals surface area contributed by atoms with Crippen LogP contribution in [-0.4, -0.2) is 40.9 Å². The normalized spacial score (nSPS) is 15.4. The molecule has 0 radical (unpaired) electrons. The number of piperazine rings is 1. The van der Waals surface area contributed by atoms with Gasteiger partial charge in [0.15, 0.2) is 0 Å². The lowest BCUT2D eigenvalue weighted by atomic mass is 10.1. The van der Waals surface area contributed by atoms with Crippen molar-refractivity contribution in [2.24, 2.45) is 0 Å². The summed E-state index contributed by atoms with van der Waals surface area (Å²) < 4.78 is 1.90. The van der Waals surface area contributed by atoms with Gasteiger partial charge in [-0.15, -0.1) is 0 Å². The van der Waals surface area contributed by atoms with Crippen molar-refractivity contribution in [2.75, 3.05) is 31.1 Å². The summed E-state index contributed by atoms with van der Waals surface area (Å²) in [6.07, 6.45) is 3.78. The molecule has 0 atom stereocenters. The fourth-order valence-corrected chi connectivity index (χ4v) is 3.66. The van der Waals surface area contributed by atoms with E-state index in [0.29, 0.717) is 0 Å². The molecular formula is C22H26N4. The summed E-state index contributed by atoms with van der Waals surface area (Å²) in [5.41, 5.74) is 6.66. The molecule has 1 aliphatic heterocycles. The molecule has 4 rings (SSSR count). The number of benzene rings is 2. The monoisotopic (exact) mass is 346 g/mol. The van der Waals surface area contributed by atoms with Crippen LogP contribution in [0.25, 0.3) is 5.69 Å². The number of hydrogen-bond donors (Lipinski definition) is 0. The Balaban J connectivity index is 1.36. The number of aromatic nitrogens is 2. The highest BCUT2D eigenvalue weighted by Crippen LogP contribution is 2.24. The van der Waals surface area contributed by atoms with Crippen LogP contribution < -0.4 is 4.90 Å². The first-order valence-corrected chi connectivity index (χ1v) is 9.33. The largest absolute Gasteiger partial charge is 0.369 e. The molecule has 1 aliphatic rings. The minimum atomic E-state index is 1.01. The summed E-state index contributed by atoms with van der Waals surface area (Å²) in [5, 5.41) is 4.28. The molecule has 1 aromatic heterocycles. The Morgan fingerprint density at radius 1 is 0.885 bits per heavy atom. The molecule has 1 fully saturated rings. The molecule has 1 saturated heterocycles. The Hall–Kier alpha value is -2.59. The summed E-state index contributed by atoms with van der Waals surface area (Å²) >= 11 is 0. The number of hydrogen-bond acceptors (Lipinski definition) is 3. The van der Waals surface area contributed by atoms with Crippen molar-refractivity contribution in [3.05, 3.63) is 77.6 Å². The second-order valence-corrected chi connectivity index (χ2v) is 7.10. The summed E-state index contributed by atoms with van der Waals surface area (Å²) in [5.74, 6) is 0. The van der Waals surface area contributed by atoms with Crippen molar-refractivity contribution in [1.29, 1.82) is 0 Å². The molecule has 4 nitrogen and oxygen atoms in total. The van der Waals surface area contributed by atoms with Crippen molar-refractivity contribution in [2.45, 2.75) is 20.4 Å². The standard InChI is InChI=1S/C22H26N4/c1-18-5-3-6-22(19(18)2)25-15-13-24(14-16-25)17-20-7-9-21(10-8-20)26-12-4-11-23-26/h3-12H,13-17H2,1-2H3. The highest BCUT2D eigenvalue weighted by atomic mass is 15.3. The Morgan fingerprint density at radius 2 is 1.65 bits per heavy atom. The van der Waals surface area contributed by atoms with Gasteiger partial charge in [-0.1, -0.05) is 24.3 Å². The first-order valence-electron chi connectivity index (χ1n) is 9.33. The molecule has 0 unspecified atom stereocenters. The average molecular weight is 346 g/mol. The Kier molecular flexibility index (Phi) is 4.76. The number of rotatable bonds is 4. The maximum atomic E-state index is 4.28. The van der Waals surface area contributed by atoms with E-state index in [1.165, 1.54) is 22.4 Å². The van der Waals surface area contributed by atoms with Crippen molar-refractivity contribution in [3.63, 3.8) is 0 Å². The first kappa shape index (κ1) is 16.9. The van der Waals surface area contributed by atoms with Crippen LogP contribution in [0.15, 0.2) is 60.9 Å². The third-order valence-corrected chi connectivity index (χ3v) is 5.40. The van der Waals surface area contributed by atoms with Gasteiger partial charge in [-0.25, -0.2) is 4.68 Å². The maximum absolute atomic E-state index is 4.28. The topological polar surface area (TPSA) is 24.3 Å². The third kappa shape index (κ3) is 3.51. The molecule has 0 saturated carbocycles. The molecule has 3 aromatic rings. The molecular weight excluding hydrogens is 320 g/mol. The number of nitrogens with zero attached hydrogens (tertiary/aromatic N) is 4. The van der Waals surface area contributed by atoms with Gasteiger partial charge in [-0.05, 0) is 54.8 Å². The van der Waals surface area contributed by atoms with Gasteiger partial charge in [-0.2, -0.15) is 5.10 Å². The SMILES string of the molecule is Cc1cccc(N2CCN(Cc3ccc(-n4cccn4)cc3)CC2)c1C.